The lowest BCUT2D eigenvalue weighted by atomic mass is 9.94. The number of rotatable bonds is 5. The molecular weight excluding hydrogens is 326 g/mol. The number of nitrogens with zero attached hydrogens (tertiary/aromatic N) is 4. The highest BCUT2D eigenvalue weighted by Crippen LogP contribution is 2.29. The van der Waals surface area contributed by atoms with Gasteiger partial charge in [0.05, 0.1) is 12.0 Å². The van der Waals surface area contributed by atoms with Crippen molar-refractivity contribution >= 4 is 5.91 Å². The number of H-pyrrole nitrogens is 1. The van der Waals surface area contributed by atoms with Crippen LogP contribution < -0.4 is 0 Å². The Labute approximate surface area is 154 Å². The maximum atomic E-state index is 12.9. The summed E-state index contributed by atoms with van der Waals surface area (Å²) >= 11 is 0. The van der Waals surface area contributed by atoms with Crippen LogP contribution in [0.1, 0.15) is 36.3 Å². The third-order valence-electron chi connectivity index (χ3n) is 5.74. The molecule has 3 fully saturated rings. The van der Waals surface area contributed by atoms with Crippen LogP contribution in [-0.2, 0) is 17.8 Å². The molecule has 5 heterocycles. The van der Waals surface area contributed by atoms with Gasteiger partial charge in [0.15, 0.2) is 0 Å². The van der Waals surface area contributed by atoms with Crippen molar-refractivity contribution in [3.8, 4) is 0 Å². The molecule has 2 atom stereocenters. The minimum absolute atomic E-state index is 0.281. The van der Waals surface area contributed by atoms with Crippen molar-refractivity contribution < 1.29 is 4.79 Å². The number of hydrogen-bond acceptors (Lipinski definition) is 4. The van der Waals surface area contributed by atoms with Crippen molar-refractivity contribution in [2.75, 3.05) is 19.6 Å². The first-order chi connectivity index (χ1) is 12.7. The van der Waals surface area contributed by atoms with Crippen LogP contribution in [-0.4, -0.2) is 56.3 Å². The Balaban J connectivity index is 1.38. The summed E-state index contributed by atoms with van der Waals surface area (Å²) in [5, 5.41) is 0. The number of amides is 1. The number of fused-ring (bicyclic) bond motifs is 4. The highest BCUT2D eigenvalue weighted by Gasteiger charge is 2.37. The molecule has 0 spiro atoms. The van der Waals surface area contributed by atoms with Gasteiger partial charge in [0.2, 0.25) is 5.91 Å². The highest BCUT2D eigenvalue weighted by atomic mass is 16.2. The Morgan fingerprint density at radius 1 is 1.23 bits per heavy atom. The van der Waals surface area contributed by atoms with Crippen LogP contribution in [0.5, 0.6) is 0 Å². The van der Waals surface area contributed by atoms with E-state index in [1.165, 1.54) is 6.42 Å². The normalized spacial score (nSPS) is 23.2. The molecule has 1 amide bonds. The third kappa shape index (κ3) is 3.80. The third-order valence-corrected chi connectivity index (χ3v) is 5.74. The van der Waals surface area contributed by atoms with Crippen LogP contribution in [0.3, 0.4) is 0 Å². The molecule has 26 heavy (non-hydrogen) atoms. The van der Waals surface area contributed by atoms with Crippen molar-refractivity contribution in [1.82, 2.24) is 24.8 Å². The molecule has 6 heteroatoms. The van der Waals surface area contributed by atoms with Gasteiger partial charge in [-0.2, -0.15) is 0 Å². The van der Waals surface area contributed by atoms with E-state index in [2.05, 4.69) is 31.7 Å². The van der Waals surface area contributed by atoms with E-state index in [4.69, 9.17) is 0 Å². The van der Waals surface area contributed by atoms with Gasteiger partial charge in [-0.3, -0.25) is 14.7 Å². The monoisotopic (exact) mass is 353 g/mol. The number of aromatic amines is 1. The van der Waals surface area contributed by atoms with Crippen molar-refractivity contribution in [2.24, 2.45) is 5.92 Å². The molecule has 5 rings (SSSR count). The van der Waals surface area contributed by atoms with Gasteiger partial charge in [0.1, 0.15) is 0 Å². The van der Waals surface area contributed by atoms with Crippen LogP contribution >= 0.6 is 0 Å². The van der Waals surface area contributed by atoms with Crippen LogP contribution in [0.25, 0.3) is 0 Å². The van der Waals surface area contributed by atoms with Crippen molar-refractivity contribution in [3.05, 3.63) is 47.8 Å². The van der Waals surface area contributed by atoms with Gasteiger partial charge in [-0.1, -0.05) is 6.07 Å². The molecule has 0 aliphatic carbocycles. The summed E-state index contributed by atoms with van der Waals surface area (Å²) in [6, 6.07) is 6.23. The van der Waals surface area contributed by atoms with Gasteiger partial charge in [-0.05, 0) is 44.2 Å². The molecule has 1 N–H and O–H groups in total. The largest absolute Gasteiger partial charge is 0.348 e. The summed E-state index contributed by atoms with van der Waals surface area (Å²) in [6.45, 7) is 5.87. The second-order valence-corrected chi connectivity index (χ2v) is 7.63. The number of carbonyl (C=O) groups is 1. The molecule has 2 unspecified atom stereocenters. The van der Waals surface area contributed by atoms with Gasteiger partial charge in [-0.15, -0.1) is 0 Å². The van der Waals surface area contributed by atoms with Gasteiger partial charge in [-0.25, -0.2) is 4.98 Å². The summed E-state index contributed by atoms with van der Waals surface area (Å²) in [4.78, 5) is 29.4. The van der Waals surface area contributed by atoms with E-state index in [9.17, 15) is 4.79 Å². The van der Waals surface area contributed by atoms with E-state index in [0.717, 1.165) is 56.1 Å². The molecule has 3 saturated heterocycles. The van der Waals surface area contributed by atoms with Crippen LogP contribution in [0.15, 0.2) is 30.7 Å². The Hall–Kier alpha value is -2.21. The molecule has 2 aromatic rings. The summed E-state index contributed by atoms with van der Waals surface area (Å²) in [6.07, 6.45) is 7.19. The predicted molar refractivity (Wildman–Crippen MR) is 99.4 cm³/mol. The topological polar surface area (TPSA) is 65.1 Å². The molecular formula is C20H27N5O. The number of piperidine rings is 1. The fourth-order valence-corrected chi connectivity index (χ4v) is 4.30. The number of imidazole rings is 1. The lowest BCUT2D eigenvalue weighted by Crippen LogP contribution is -2.47. The zero-order chi connectivity index (χ0) is 17.9. The van der Waals surface area contributed by atoms with Crippen molar-refractivity contribution in [1.29, 1.82) is 0 Å². The Bertz CT molecular complexity index is 744. The first kappa shape index (κ1) is 17.2. The van der Waals surface area contributed by atoms with Crippen LogP contribution in [0.4, 0.5) is 0 Å². The second kappa shape index (κ2) is 7.58. The van der Waals surface area contributed by atoms with E-state index in [1.807, 2.05) is 18.2 Å². The van der Waals surface area contributed by atoms with Crippen LogP contribution in [0, 0.1) is 12.8 Å². The molecule has 0 radical (unpaired) electrons. The lowest BCUT2D eigenvalue weighted by molar-refractivity contribution is -0.135. The second-order valence-electron chi connectivity index (χ2n) is 7.63. The van der Waals surface area contributed by atoms with E-state index in [1.54, 1.807) is 12.5 Å². The number of pyridine rings is 1. The Morgan fingerprint density at radius 3 is 2.92 bits per heavy atom. The van der Waals surface area contributed by atoms with Gasteiger partial charge in [0, 0.05) is 56.2 Å². The zero-order valence-electron chi connectivity index (χ0n) is 15.4. The van der Waals surface area contributed by atoms with E-state index >= 15 is 0 Å². The Morgan fingerprint density at radius 2 is 2.15 bits per heavy atom. The maximum Gasteiger partial charge on any atom is 0.223 e. The number of aromatic nitrogens is 3. The maximum absolute atomic E-state index is 12.9. The molecule has 2 aromatic heterocycles. The number of nitrogens with one attached hydrogen (secondary N) is 1. The molecule has 0 aromatic carbocycles. The first-order valence-electron chi connectivity index (χ1n) is 9.59. The van der Waals surface area contributed by atoms with Crippen LogP contribution in [0.2, 0.25) is 0 Å². The smallest absolute Gasteiger partial charge is 0.223 e. The number of carbonyl (C=O) groups excluding carboxylic acids is 1. The molecule has 3 aliphatic rings. The van der Waals surface area contributed by atoms with E-state index in [0.29, 0.717) is 18.4 Å². The molecule has 138 valence electrons. The molecule has 0 saturated carbocycles. The predicted octanol–water partition coefficient (Wildman–Crippen LogP) is 2.17. The summed E-state index contributed by atoms with van der Waals surface area (Å²) in [5.41, 5.74) is 3.26. The van der Waals surface area contributed by atoms with Crippen molar-refractivity contribution in [3.63, 3.8) is 0 Å². The minimum atomic E-state index is 0.281. The van der Waals surface area contributed by atoms with E-state index < -0.39 is 0 Å². The molecule has 6 nitrogen and oxygen atoms in total. The average Bonchev–Trinajstić information content (AvgIpc) is 2.87. The zero-order valence-corrected chi connectivity index (χ0v) is 15.4. The first-order valence-corrected chi connectivity index (χ1v) is 9.59. The molecule has 3 aliphatic heterocycles. The standard InChI is InChI=1S/C20H27N5O/c1-15-19(23-14-22-15)13-24-10-16-5-7-18(12-24)25(11-16)20(26)8-6-17-4-2-3-9-21-17/h2-4,9,14,16,18H,5-8,10-13H2,1H3,(H,22,23). The quantitative estimate of drug-likeness (QED) is 0.895. The fraction of sp³-hybridized carbons (Fsp3) is 0.550. The lowest BCUT2D eigenvalue weighted by Gasteiger charge is -2.36. The summed E-state index contributed by atoms with van der Waals surface area (Å²) < 4.78 is 0. The SMILES string of the molecule is Cc1[nH]cnc1CN1CC2CCC(C1)N(C(=O)CCc1ccccn1)C2. The average molecular weight is 353 g/mol. The highest BCUT2D eigenvalue weighted by molar-refractivity contribution is 5.77. The molecule has 2 bridgehead atoms. The van der Waals surface area contributed by atoms with Gasteiger partial charge < -0.3 is 9.88 Å². The van der Waals surface area contributed by atoms with E-state index in [-0.39, 0.29) is 5.91 Å². The van der Waals surface area contributed by atoms with Gasteiger partial charge >= 0.3 is 0 Å². The Kier molecular flexibility index (Phi) is 5.02. The fourth-order valence-electron chi connectivity index (χ4n) is 4.30. The summed E-state index contributed by atoms with van der Waals surface area (Å²) in [5.74, 6) is 0.856. The van der Waals surface area contributed by atoms with Crippen molar-refractivity contribution in [2.45, 2.75) is 45.2 Å². The number of aryl methyl sites for hydroxylation is 2. The number of hydrogen-bond donors (Lipinski definition) is 1. The van der Waals surface area contributed by atoms with Gasteiger partial charge in [0.25, 0.3) is 0 Å². The summed E-state index contributed by atoms with van der Waals surface area (Å²) in [7, 11) is 0. The minimum Gasteiger partial charge on any atom is -0.348 e.